The van der Waals surface area contributed by atoms with Gasteiger partial charge in [-0.2, -0.15) is 10.4 Å². The number of hydrogen-bond acceptors (Lipinski definition) is 3. The van der Waals surface area contributed by atoms with Gasteiger partial charge in [-0.25, -0.2) is 0 Å². The van der Waals surface area contributed by atoms with Crippen molar-refractivity contribution in [2.75, 3.05) is 7.05 Å². The van der Waals surface area contributed by atoms with Crippen LogP contribution >= 0.6 is 0 Å². The van der Waals surface area contributed by atoms with Crippen LogP contribution in [0.4, 0.5) is 0 Å². The van der Waals surface area contributed by atoms with E-state index in [9.17, 15) is 4.79 Å². The second-order valence-electron chi connectivity index (χ2n) is 6.00. The van der Waals surface area contributed by atoms with Gasteiger partial charge in [-0.3, -0.25) is 9.89 Å². The van der Waals surface area contributed by atoms with E-state index in [-0.39, 0.29) is 11.9 Å². The maximum atomic E-state index is 12.7. The minimum atomic E-state index is -0.183. The maximum Gasteiger partial charge on any atom is 0.270 e. The summed E-state index contributed by atoms with van der Waals surface area (Å²) in [4.78, 5) is 14.4. The first-order valence-corrected chi connectivity index (χ1v) is 7.95. The lowest BCUT2D eigenvalue weighted by Gasteiger charge is -2.24. The molecule has 0 aliphatic carbocycles. The topological polar surface area (TPSA) is 77.7 Å². The summed E-state index contributed by atoms with van der Waals surface area (Å²) >= 11 is 0. The van der Waals surface area contributed by atoms with Gasteiger partial charge < -0.3 is 9.47 Å². The van der Waals surface area contributed by atoms with E-state index in [1.54, 1.807) is 35.8 Å². The third kappa shape index (κ3) is 3.17. The average molecular weight is 333 g/mol. The first-order valence-electron chi connectivity index (χ1n) is 7.95. The lowest BCUT2D eigenvalue weighted by molar-refractivity contribution is 0.0730. The van der Waals surface area contributed by atoms with Gasteiger partial charge in [0.25, 0.3) is 5.91 Å². The highest BCUT2D eigenvalue weighted by molar-refractivity contribution is 5.93. The summed E-state index contributed by atoms with van der Waals surface area (Å²) in [6, 6.07) is 15.3. The molecule has 0 aliphatic rings. The molecule has 0 radical (unpaired) electrons. The molecule has 0 bridgehead atoms. The Bertz CT molecular complexity index is 932. The summed E-state index contributed by atoms with van der Waals surface area (Å²) in [6.45, 7) is 1.94. The summed E-state index contributed by atoms with van der Waals surface area (Å²) in [5, 5.41) is 16.4. The second kappa shape index (κ2) is 6.65. The molecule has 0 fully saturated rings. The fraction of sp³-hybridized carbons (Fsp3) is 0.211. The largest absolute Gasteiger partial charge is 0.345 e. The van der Waals surface area contributed by atoms with Gasteiger partial charge in [-0.05, 0) is 19.1 Å². The summed E-state index contributed by atoms with van der Waals surface area (Å²) in [5.41, 5.74) is 3.67. The van der Waals surface area contributed by atoms with E-state index < -0.39 is 0 Å². The molecule has 6 nitrogen and oxygen atoms in total. The van der Waals surface area contributed by atoms with Crippen LogP contribution in [-0.4, -0.2) is 32.6 Å². The van der Waals surface area contributed by atoms with Crippen molar-refractivity contribution in [3.8, 4) is 17.3 Å². The lowest BCUT2D eigenvalue weighted by Crippen LogP contribution is -2.31. The number of nitrogens with zero attached hydrogens (tertiary/aromatic N) is 4. The van der Waals surface area contributed by atoms with Crippen molar-refractivity contribution in [3.05, 3.63) is 65.6 Å². The molecule has 3 rings (SSSR count). The zero-order valence-electron chi connectivity index (χ0n) is 14.4. The highest BCUT2D eigenvalue weighted by Gasteiger charge is 2.23. The van der Waals surface area contributed by atoms with Crippen LogP contribution in [0.3, 0.4) is 0 Å². The van der Waals surface area contributed by atoms with Crippen molar-refractivity contribution in [1.82, 2.24) is 19.7 Å². The molecular formula is C19H19N5O. The van der Waals surface area contributed by atoms with E-state index in [1.807, 2.05) is 43.3 Å². The van der Waals surface area contributed by atoms with Gasteiger partial charge in [-0.1, -0.05) is 30.3 Å². The Balaban J connectivity index is 1.82. The predicted molar refractivity (Wildman–Crippen MR) is 94.7 cm³/mol. The number of benzene rings is 1. The molecule has 1 aromatic carbocycles. The molecule has 1 unspecified atom stereocenters. The predicted octanol–water partition coefficient (Wildman–Crippen LogP) is 3.12. The van der Waals surface area contributed by atoms with E-state index in [2.05, 4.69) is 16.3 Å². The maximum absolute atomic E-state index is 12.7. The van der Waals surface area contributed by atoms with E-state index in [0.29, 0.717) is 11.3 Å². The van der Waals surface area contributed by atoms with Gasteiger partial charge in [0.05, 0.1) is 23.0 Å². The molecule has 126 valence electrons. The number of hydrogen-bond donors (Lipinski definition) is 1. The Hall–Kier alpha value is -3.33. The van der Waals surface area contributed by atoms with E-state index in [1.165, 1.54) is 0 Å². The number of H-pyrrole nitrogens is 1. The normalized spacial score (nSPS) is 11.8. The smallest absolute Gasteiger partial charge is 0.270 e. The number of aromatic amines is 1. The van der Waals surface area contributed by atoms with Crippen LogP contribution in [-0.2, 0) is 7.05 Å². The van der Waals surface area contributed by atoms with Gasteiger partial charge >= 0.3 is 0 Å². The van der Waals surface area contributed by atoms with Crippen LogP contribution in [0.15, 0.2) is 48.7 Å². The number of carbonyl (C=O) groups excluding carboxylic acids is 1. The SMILES string of the molecule is CC(c1cc(-c2ccccc2)n[nH]1)N(C)C(=O)c1cc(C#N)cn1C. The van der Waals surface area contributed by atoms with Crippen molar-refractivity contribution in [2.45, 2.75) is 13.0 Å². The molecule has 0 saturated heterocycles. The minimum absolute atomic E-state index is 0.146. The Morgan fingerprint density at radius 3 is 2.68 bits per heavy atom. The van der Waals surface area contributed by atoms with Crippen molar-refractivity contribution in [3.63, 3.8) is 0 Å². The molecule has 0 spiro atoms. The first-order chi connectivity index (χ1) is 12.0. The van der Waals surface area contributed by atoms with Crippen LogP contribution in [0.1, 0.15) is 34.7 Å². The standard InChI is InChI=1S/C19H19N5O/c1-13(16-10-17(22-21-16)15-7-5-4-6-8-15)24(3)19(25)18-9-14(11-20)12-23(18)2/h4-10,12-13H,1-3H3,(H,21,22). The summed E-state index contributed by atoms with van der Waals surface area (Å²) in [7, 11) is 3.51. The third-order valence-corrected chi connectivity index (χ3v) is 4.37. The average Bonchev–Trinajstić information content (AvgIpc) is 3.27. The zero-order valence-corrected chi connectivity index (χ0v) is 14.4. The molecule has 0 aliphatic heterocycles. The molecule has 2 aromatic heterocycles. The molecule has 2 heterocycles. The number of amides is 1. The van der Waals surface area contributed by atoms with Crippen LogP contribution in [0.5, 0.6) is 0 Å². The minimum Gasteiger partial charge on any atom is -0.345 e. The quantitative estimate of drug-likeness (QED) is 0.797. The Morgan fingerprint density at radius 1 is 1.32 bits per heavy atom. The molecule has 6 heteroatoms. The van der Waals surface area contributed by atoms with Crippen LogP contribution in [0.25, 0.3) is 11.3 Å². The van der Waals surface area contributed by atoms with Crippen LogP contribution in [0, 0.1) is 11.3 Å². The molecule has 0 saturated carbocycles. The molecule has 1 N–H and O–H groups in total. The first kappa shape index (κ1) is 16.5. The Kier molecular flexibility index (Phi) is 4.40. The number of aromatic nitrogens is 3. The number of nitriles is 1. The fourth-order valence-electron chi connectivity index (χ4n) is 2.71. The molecular weight excluding hydrogens is 314 g/mol. The van der Waals surface area contributed by atoms with Gasteiger partial charge in [-0.15, -0.1) is 0 Å². The van der Waals surface area contributed by atoms with E-state index in [4.69, 9.17) is 5.26 Å². The molecule has 3 aromatic rings. The van der Waals surface area contributed by atoms with Crippen LogP contribution in [0.2, 0.25) is 0 Å². The number of nitrogens with one attached hydrogen (secondary N) is 1. The zero-order chi connectivity index (χ0) is 18.0. The molecule has 1 atom stereocenters. The summed E-state index contributed by atoms with van der Waals surface area (Å²) in [5.74, 6) is -0.146. The van der Waals surface area contributed by atoms with Crippen molar-refractivity contribution in [1.29, 1.82) is 5.26 Å². The van der Waals surface area contributed by atoms with Crippen LogP contribution < -0.4 is 0 Å². The lowest BCUT2D eigenvalue weighted by atomic mass is 10.1. The molecule has 1 amide bonds. The van der Waals surface area contributed by atoms with Gasteiger partial charge in [0.15, 0.2) is 0 Å². The summed E-state index contributed by atoms with van der Waals surface area (Å²) in [6.07, 6.45) is 1.65. The second-order valence-corrected chi connectivity index (χ2v) is 6.00. The van der Waals surface area contributed by atoms with Crippen molar-refractivity contribution in [2.24, 2.45) is 7.05 Å². The van der Waals surface area contributed by atoms with E-state index in [0.717, 1.165) is 17.0 Å². The number of rotatable bonds is 4. The Labute approximate surface area is 146 Å². The van der Waals surface area contributed by atoms with Gasteiger partial charge in [0, 0.05) is 25.9 Å². The Morgan fingerprint density at radius 2 is 2.04 bits per heavy atom. The highest BCUT2D eigenvalue weighted by Crippen LogP contribution is 2.24. The fourth-order valence-corrected chi connectivity index (χ4v) is 2.71. The third-order valence-electron chi connectivity index (χ3n) is 4.37. The monoisotopic (exact) mass is 333 g/mol. The van der Waals surface area contributed by atoms with Gasteiger partial charge in [0.2, 0.25) is 0 Å². The van der Waals surface area contributed by atoms with Crippen molar-refractivity contribution < 1.29 is 4.79 Å². The molecule has 25 heavy (non-hydrogen) atoms. The van der Waals surface area contributed by atoms with E-state index >= 15 is 0 Å². The summed E-state index contributed by atoms with van der Waals surface area (Å²) < 4.78 is 1.67. The van der Waals surface area contributed by atoms with Crippen molar-refractivity contribution >= 4 is 5.91 Å². The number of aryl methyl sites for hydroxylation is 1. The van der Waals surface area contributed by atoms with Gasteiger partial charge in [0.1, 0.15) is 11.8 Å². The highest BCUT2D eigenvalue weighted by atomic mass is 16.2. The number of carbonyl (C=O) groups is 1.